The number of fused-ring (bicyclic) bond motifs is 1. The van der Waals surface area contributed by atoms with Crippen molar-refractivity contribution in [1.82, 2.24) is 0 Å². The molecule has 4 nitrogen and oxygen atoms in total. The van der Waals surface area contributed by atoms with Crippen molar-refractivity contribution >= 4 is 17.4 Å². The fourth-order valence-electron chi connectivity index (χ4n) is 1.88. The van der Waals surface area contributed by atoms with Crippen molar-refractivity contribution < 1.29 is 9.59 Å². The van der Waals surface area contributed by atoms with Gasteiger partial charge in [-0.3, -0.25) is 9.59 Å². The van der Waals surface area contributed by atoms with Gasteiger partial charge in [0.25, 0.3) is 0 Å². The van der Waals surface area contributed by atoms with Crippen LogP contribution in [0.4, 0.5) is 5.69 Å². The number of hydrogen-bond donors (Lipinski definition) is 1. The number of aryl methyl sites for hydroxylation is 1. The molecule has 1 aromatic rings. The Bertz CT molecular complexity index is 527. The average molecular weight is 214 g/mol. The van der Waals surface area contributed by atoms with Gasteiger partial charge in [-0.15, -0.1) is 0 Å². The van der Waals surface area contributed by atoms with Crippen LogP contribution in [0.1, 0.15) is 34.8 Å². The zero-order valence-corrected chi connectivity index (χ0v) is 8.83. The van der Waals surface area contributed by atoms with Crippen LogP contribution in [0.15, 0.2) is 12.1 Å². The number of amides is 1. The smallest absolute Gasteiger partial charge is 0.221 e. The maximum Gasteiger partial charge on any atom is 0.221 e. The predicted octanol–water partition coefficient (Wildman–Crippen LogP) is 1.65. The molecule has 0 aliphatic heterocycles. The molecule has 1 aromatic carbocycles. The topological polar surface area (TPSA) is 70.0 Å². The molecule has 80 valence electrons. The number of nitriles is 1. The lowest BCUT2D eigenvalue weighted by atomic mass is 10.0. The first-order valence-electron chi connectivity index (χ1n) is 4.99. The van der Waals surface area contributed by atoms with E-state index in [9.17, 15) is 9.59 Å². The second-order valence-electron chi connectivity index (χ2n) is 3.77. The molecule has 0 atom stereocenters. The standard InChI is InChI=1S/C12H10N2O2/c1-7(15)14-11-5-8-2-3-12(16)10(8)4-9(11)6-13/h4-5H,2-3H2,1H3,(H,14,15). The number of carbonyl (C=O) groups excluding carboxylic acids is 2. The summed E-state index contributed by atoms with van der Waals surface area (Å²) in [6.07, 6.45) is 1.18. The first-order valence-corrected chi connectivity index (χ1v) is 4.99. The first kappa shape index (κ1) is 10.4. The van der Waals surface area contributed by atoms with E-state index in [2.05, 4.69) is 5.32 Å². The van der Waals surface area contributed by atoms with E-state index < -0.39 is 0 Å². The summed E-state index contributed by atoms with van der Waals surface area (Å²) >= 11 is 0. The Hall–Kier alpha value is -2.15. The second kappa shape index (κ2) is 3.78. The van der Waals surface area contributed by atoms with Gasteiger partial charge >= 0.3 is 0 Å². The van der Waals surface area contributed by atoms with Crippen molar-refractivity contribution in [3.8, 4) is 6.07 Å². The molecule has 0 fully saturated rings. The highest BCUT2D eigenvalue weighted by Gasteiger charge is 2.21. The minimum Gasteiger partial charge on any atom is -0.325 e. The molecule has 0 saturated carbocycles. The van der Waals surface area contributed by atoms with E-state index >= 15 is 0 Å². The average Bonchev–Trinajstić information content (AvgIpc) is 2.58. The van der Waals surface area contributed by atoms with E-state index in [1.165, 1.54) is 6.92 Å². The van der Waals surface area contributed by atoms with Gasteiger partial charge in [0.15, 0.2) is 5.78 Å². The zero-order valence-electron chi connectivity index (χ0n) is 8.83. The second-order valence-corrected chi connectivity index (χ2v) is 3.77. The van der Waals surface area contributed by atoms with Crippen LogP contribution in [-0.2, 0) is 11.2 Å². The first-order chi connectivity index (χ1) is 7.61. The van der Waals surface area contributed by atoms with Gasteiger partial charge in [0, 0.05) is 18.9 Å². The Labute approximate surface area is 92.9 Å². The van der Waals surface area contributed by atoms with Crippen LogP contribution >= 0.6 is 0 Å². The summed E-state index contributed by atoms with van der Waals surface area (Å²) in [5.74, 6) is -0.151. The van der Waals surface area contributed by atoms with Crippen LogP contribution < -0.4 is 5.32 Å². The summed E-state index contributed by atoms with van der Waals surface area (Å²) in [6.45, 7) is 1.39. The van der Waals surface area contributed by atoms with Crippen LogP contribution in [0, 0.1) is 11.3 Å². The van der Waals surface area contributed by atoms with Crippen LogP contribution in [0.5, 0.6) is 0 Å². The van der Waals surface area contributed by atoms with E-state index in [1.807, 2.05) is 6.07 Å². The monoisotopic (exact) mass is 214 g/mol. The molecule has 0 saturated heterocycles. The third-order valence-electron chi connectivity index (χ3n) is 2.60. The summed E-state index contributed by atoms with van der Waals surface area (Å²) in [5, 5.41) is 11.5. The van der Waals surface area contributed by atoms with E-state index in [0.29, 0.717) is 29.7 Å². The van der Waals surface area contributed by atoms with Gasteiger partial charge in [-0.2, -0.15) is 5.26 Å². The molecule has 0 spiro atoms. The Morgan fingerprint density at radius 2 is 2.19 bits per heavy atom. The van der Waals surface area contributed by atoms with Crippen molar-refractivity contribution in [3.63, 3.8) is 0 Å². The molecule has 0 unspecified atom stereocenters. The van der Waals surface area contributed by atoms with Crippen molar-refractivity contribution in [1.29, 1.82) is 5.26 Å². The van der Waals surface area contributed by atoms with E-state index in [0.717, 1.165) is 5.56 Å². The fourth-order valence-corrected chi connectivity index (χ4v) is 1.88. The maximum atomic E-state index is 11.5. The zero-order chi connectivity index (χ0) is 11.7. The molecule has 0 aromatic heterocycles. The molecule has 1 amide bonds. The van der Waals surface area contributed by atoms with Crippen LogP contribution in [0.25, 0.3) is 0 Å². The highest BCUT2D eigenvalue weighted by molar-refractivity contribution is 6.02. The van der Waals surface area contributed by atoms with Crippen LogP contribution in [-0.4, -0.2) is 11.7 Å². The molecule has 0 heterocycles. The third kappa shape index (κ3) is 1.68. The molecule has 1 aliphatic carbocycles. The number of ketones is 1. The Kier molecular flexibility index (Phi) is 2.45. The maximum absolute atomic E-state index is 11.5. The minimum absolute atomic E-state index is 0.0703. The largest absolute Gasteiger partial charge is 0.325 e. The molecule has 4 heteroatoms. The number of rotatable bonds is 1. The SMILES string of the molecule is CC(=O)Nc1cc2c(cc1C#N)C(=O)CC2. The predicted molar refractivity (Wildman–Crippen MR) is 58.1 cm³/mol. The Balaban J connectivity index is 2.52. The lowest BCUT2D eigenvalue weighted by Gasteiger charge is -2.07. The number of anilines is 1. The molecule has 0 radical (unpaired) electrons. The fraction of sp³-hybridized carbons (Fsp3) is 0.250. The highest BCUT2D eigenvalue weighted by Crippen LogP contribution is 2.28. The molecule has 2 rings (SSSR count). The third-order valence-corrected chi connectivity index (χ3v) is 2.60. The molecule has 1 N–H and O–H groups in total. The van der Waals surface area contributed by atoms with Crippen LogP contribution in [0.2, 0.25) is 0 Å². The van der Waals surface area contributed by atoms with Crippen molar-refractivity contribution in [2.24, 2.45) is 0 Å². The van der Waals surface area contributed by atoms with E-state index in [-0.39, 0.29) is 11.7 Å². The van der Waals surface area contributed by atoms with Crippen molar-refractivity contribution in [2.75, 3.05) is 5.32 Å². The number of benzene rings is 1. The van der Waals surface area contributed by atoms with Gasteiger partial charge in [0.05, 0.1) is 11.3 Å². The number of carbonyl (C=O) groups is 2. The van der Waals surface area contributed by atoms with Gasteiger partial charge in [0.2, 0.25) is 5.91 Å². The summed E-state index contributed by atoms with van der Waals surface area (Å²) in [5.41, 5.74) is 2.35. The highest BCUT2D eigenvalue weighted by atomic mass is 16.1. The number of Topliss-reactive ketones (excluding diaryl/α,β-unsaturated/α-hetero) is 1. The van der Waals surface area contributed by atoms with Crippen molar-refractivity contribution in [2.45, 2.75) is 19.8 Å². The van der Waals surface area contributed by atoms with Crippen molar-refractivity contribution in [3.05, 3.63) is 28.8 Å². The van der Waals surface area contributed by atoms with Gasteiger partial charge in [-0.25, -0.2) is 0 Å². The summed E-state index contributed by atoms with van der Waals surface area (Å²) in [4.78, 5) is 22.4. The number of nitrogens with one attached hydrogen (secondary N) is 1. The lowest BCUT2D eigenvalue weighted by molar-refractivity contribution is -0.114. The Morgan fingerprint density at radius 1 is 1.44 bits per heavy atom. The molecule has 1 aliphatic rings. The van der Waals surface area contributed by atoms with E-state index in [4.69, 9.17) is 5.26 Å². The van der Waals surface area contributed by atoms with Gasteiger partial charge < -0.3 is 5.32 Å². The number of nitrogens with zero attached hydrogens (tertiary/aromatic N) is 1. The minimum atomic E-state index is -0.222. The molecular weight excluding hydrogens is 204 g/mol. The van der Waals surface area contributed by atoms with Gasteiger partial charge in [-0.1, -0.05) is 0 Å². The number of hydrogen-bond acceptors (Lipinski definition) is 3. The van der Waals surface area contributed by atoms with Gasteiger partial charge in [-0.05, 0) is 24.1 Å². The molecular formula is C12H10N2O2. The van der Waals surface area contributed by atoms with Gasteiger partial charge in [0.1, 0.15) is 6.07 Å². The van der Waals surface area contributed by atoms with Crippen LogP contribution in [0.3, 0.4) is 0 Å². The normalized spacial score (nSPS) is 13.1. The summed E-state index contributed by atoms with van der Waals surface area (Å²) in [7, 11) is 0. The summed E-state index contributed by atoms with van der Waals surface area (Å²) < 4.78 is 0. The quantitative estimate of drug-likeness (QED) is 0.772. The Morgan fingerprint density at radius 3 is 2.81 bits per heavy atom. The molecule has 0 bridgehead atoms. The lowest BCUT2D eigenvalue weighted by Crippen LogP contribution is -2.08. The molecule has 16 heavy (non-hydrogen) atoms. The van der Waals surface area contributed by atoms with E-state index in [1.54, 1.807) is 12.1 Å². The summed E-state index contributed by atoms with van der Waals surface area (Å²) in [6, 6.07) is 5.27.